The lowest BCUT2D eigenvalue weighted by Crippen LogP contribution is -2.56. The first kappa shape index (κ1) is 11.8. The summed E-state index contributed by atoms with van der Waals surface area (Å²) in [5.74, 6) is 0.579. The van der Waals surface area contributed by atoms with Crippen molar-refractivity contribution < 1.29 is 9.53 Å². The zero-order valence-electron chi connectivity index (χ0n) is 9.95. The largest absolute Gasteiger partial charge is 0.383 e. The van der Waals surface area contributed by atoms with Crippen molar-refractivity contribution in [3.8, 4) is 0 Å². The van der Waals surface area contributed by atoms with E-state index in [0.29, 0.717) is 5.91 Å². The van der Waals surface area contributed by atoms with Crippen molar-refractivity contribution in [1.29, 1.82) is 0 Å². The number of nitrogens with one attached hydrogen (secondary N) is 1. The van der Waals surface area contributed by atoms with E-state index in [-0.39, 0.29) is 5.92 Å². The third-order valence-electron chi connectivity index (χ3n) is 3.43. The molecule has 1 amide bonds. The third-order valence-corrected chi connectivity index (χ3v) is 3.43. The molecular formula is C11H21N3O2. The predicted octanol–water partition coefficient (Wildman–Crippen LogP) is -1.00. The van der Waals surface area contributed by atoms with Crippen LogP contribution >= 0.6 is 0 Å². The minimum absolute atomic E-state index is 0.241. The van der Waals surface area contributed by atoms with Gasteiger partial charge in [-0.3, -0.25) is 9.69 Å². The van der Waals surface area contributed by atoms with Gasteiger partial charge in [0.05, 0.1) is 12.5 Å². The lowest BCUT2D eigenvalue weighted by atomic mass is 10.0. The molecule has 2 saturated heterocycles. The minimum Gasteiger partial charge on any atom is -0.383 e. The summed E-state index contributed by atoms with van der Waals surface area (Å²) in [6.45, 7) is 7.19. The van der Waals surface area contributed by atoms with Gasteiger partial charge >= 0.3 is 0 Å². The molecule has 0 bridgehead atoms. The maximum Gasteiger partial charge on any atom is 0.228 e. The Hall–Kier alpha value is -0.650. The van der Waals surface area contributed by atoms with E-state index >= 15 is 0 Å². The summed E-state index contributed by atoms with van der Waals surface area (Å²) >= 11 is 0. The summed E-state index contributed by atoms with van der Waals surface area (Å²) < 4.78 is 5.05. The fourth-order valence-corrected chi connectivity index (χ4v) is 2.13. The Kier molecular flexibility index (Phi) is 4.15. The molecular weight excluding hydrogens is 206 g/mol. The van der Waals surface area contributed by atoms with Gasteiger partial charge in [-0.2, -0.15) is 0 Å². The molecule has 2 aliphatic heterocycles. The van der Waals surface area contributed by atoms with Crippen molar-refractivity contribution in [2.75, 3.05) is 59.5 Å². The van der Waals surface area contributed by atoms with Crippen LogP contribution in [0.25, 0.3) is 0 Å². The number of amides is 1. The number of rotatable bonds is 4. The quantitative estimate of drug-likeness (QED) is 0.669. The number of hydrogen-bond acceptors (Lipinski definition) is 4. The molecule has 0 spiro atoms. The SMILES string of the molecule is COCCN1CCN(C(=O)C2CNC2)CC1. The van der Waals surface area contributed by atoms with Gasteiger partial charge in [-0.05, 0) is 0 Å². The van der Waals surface area contributed by atoms with Crippen LogP contribution in [0, 0.1) is 5.92 Å². The molecule has 2 rings (SSSR count). The Morgan fingerprint density at radius 2 is 2.00 bits per heavy atom. The molecule has 0 aliphatic carbocycles. The second-order valence-electron chi connectivity index (χ2n) is 4.51. The molecule has 0 radical (unpaired) electrons. The Morgan fingerprint density at radius 1 is 1.31 bits per heavy atom. The molecule has 2 heterocycles. The maximum atomic E-state index is 11.9. The van der Waals surface area contributed by atoms with Crippen LogP contribution in [0.3, 0.4) is 0 Å². The molecule has 1 N–H and O–H groups in total. The van der Waals surface area contributed by atoms with Crippen LogP contribution < -0.4 is 5.32 Å². The van der Waals surface area contributed by atoms with E-state index in [1.165, 1.54) is 0 Å². The molecule has 92 valence electrons. The number of nitrogens with zero attached hydrogens (tertiary/aromatic N) is 2. The van der Waals surface area contributed by atoms with E-state index in [4.69, 9.17) is 4.74 Å². The first-order valence-electron chi connectivity index (χ1n) is 6.02. The second kappa shape index (κ2) is 5.61. The molecule has 2 aliphatic rings. The van der Waals surface area contributed by atoms with Crippen LogP contribution in [0.5, 0.6) is 0 Å². The van der Waals surface area contributed by atoms with Gasteiger partial charge in [0.2, 0.25) is 5.91 Å². The molecule has 5 heteroatoms. The van der Waals surface area contributed by atoms with E-state index < -0.39 is 0 Å². The van der Waals surface area contributed by atoms with Crippen molar-refractivity contribution in [2.24, 2.45) is 5.92 Å². The summed E-state index contributed by atoms with van der Waals surface area (Å²) in [4.78, 5) is 16.3. The number of carbonyl (C=O) groups is 1. The topological polar surface area (TPSA) is 44.8 Å². The van der Waals surface area contributed by atoms with Crippen molar-refractivity contribution in [3.05, 3.63) is 0 Å². The zero-order valence-corrected chi connectivity index (χ0v) is 9.95. The zero-order chi connectivity index (χ0) is 11.4. The highest BCUT2D eigenvalue weighted by Gasteiger charge is 2.30. The van der Waals surface area contributed by atoms with Crippen molar-refractivity contribution in [1.82, 2.24) is 15.1 Å². The molecule has 0 saturated carbocycles. The highest BCUT2D eigenvalue weighted by Crippen LogP contribution is 2.10. The van der Waals surface area contributed by atoms with E-state index in [1.807, 2.05) is 4.90 Å². The molecule has 16 heavy (non-hydrogen) atoms. The van der Waals surface area contributed by atoms with E-state index in [9.17, 15) is 4.79 Å². The van der Waals surface area contributed by atoms with Gasteiger partial charge in [-0.1, -0.05) is 0 Å². The van der Waals surface area contributed by atoms with Crippen LogP contribution in [0.1, 0.15) is 0 Å². The van der Waals surface area contributed by atoms with Crippen LogP contribution in [0.2, 0.25) is 0 Å². The third kappa shape index (κ3) is 2.72. The first-order chi connectivity index (χ1) is 7.81. The minimum atomic E-state index is 0.241. The Morgan fingerprint density at radius 3 is 2.50 bits per heavy atom. The summed E-state index contributed by atoms with van der Waals surface area (Å²) in [5.41, 5.74) is 0. The molecule has 5 nitrogen and oxygen atoms in total. The van der Waals surface area contributed by atoms with Gasteiger partial charge in [0.1, 0.15) is 0 Å². The maximum absolute atomic E-state index is 11.9. The van der Waals surface area contributed by atoms with E-state index in [1.54, 1.807) is 7.11 Å². The predicted molar refractivity (Wildman–Crippen MR) is 61.3 cm³/mol. The Balaban J connectivity index is 1.69. The second-order valence-corrected chi connectivity index (χ2v) is 4.51. The van der Waals surface area contributed by atoms with Crippen molar-refractivity contribution >= 4 is 5.91 Å². The van der Waals surface area contributed by atoms with Crippen LogP contribution in [0.15, 0.2) is 0 Å². The fraction of sp³-hybridized carbons (Fsp3) is 0.909. The standard InChI is InChI=1S/C11H21N3O2/c1-16-7-6-13-2-4-14(5-3-13)11(15)10-8-12-9-10/h10,12H,2-9H2,1H3. The molecule has 0 atom stereocenters. The molecule has 2 fully saturated rings. The lowest BCUT2D eigenvalue weighted by Gasteiger charge is -2.38. The van der Waals surface area contributed by atoms with Crippen LogP contribution in [-0.4, -0.2) is 75.2 Å². The summed E-state index contributed by atoms with van der Waals surface area (Å²) in [7, 11) is 1.73. The number of methoxy groups -OCH3 is 1. The van der Waals surface area contributed by atoms with Crippen LogP contribution in [0.4, 0.5) is 0 Å². The average molecular weight is 227 g/mol. The highest BCUT2D eigenvalue weighted by molar-refractivity contribution is 5.80. The number of ether oxygens (including phenoxy) is 1. The van der Waals surface area contributed by atoms with Gasteiger partial charge in [0.15, 0.2) is 0 Å². The summed E-state index contributed by atoms with van der Waals surface area (Å²) in [6.07, 6.45) is 0. The molecule has 0 aromatic rings. The average Bonchev–Trinajstić information content (AvgIpc) is 2.24. The Bertz CT molecular complexity index is 235. The van der Waals surface area contributed by atoms with Gasteiger partial charge < -0.3 is 15.0 Å². The Labute approximate surface area is 96.7 Å². The van der Waals surface area contributed by atoms with Crippen molar-refractivity contribution in [3.63, 3.8) is 0 Å². The van der Waals surface area contributed by atoms with Gasteiger partial charge in [0.25, 0.3) is 0 Å². The van der Waals surface area contributed by atoms with Crippen molar-refractivity contribution in [2.45, 2.75) is 0 Å². The van der Waals surface area contributed by atoms with E-state index in [0.717, 1.165) is 52.4 Å². The first-order valence-corrected chi connectivity index (χ1v) is 6.02. The molecule has 0 aromatic carbocycles. The van der Waals surface area contributed by atoms with Gasteiger partial charge in [-0.25, -0.2) is 0 Å². The number of piperazine rings is 1. The number of hydrogen-bond donors (Lipinski definition) is 1. The smallest absolute Gasteiger partial charge is 0.228 e. The lowest BCUT2D eigenvalue weighted by molar-refractivity contribution is -0.138. The normalized spacial score (nSPS) is 23.2. The van der Waals surface area contributed by atoms with Gasteiger partial charge in [0, 0.05) is 52.9 Å². The fourth-order valence-electron chi connectivity index (χ4n) is 2.13. The van der Waals surface area contributed by atoms with Gasteiger partial charge in [-0.15, -0.1) is 0 Å². The number of carbonyl (C=O) groups excluding carboxylic acids is 1. The summed E-state index contributed by atoms with van der Waals surface area (Å²) in [6, 6.07) is 0. The summed E-state index contributed by atoms with van der Waals surface area (Å²) in [5, 5.41) is 3.14. The monoisotopic (exact) mass is 227 g/mol. The highest BCUT2D eigenvalue weighted by atomic mass is 16.5. The molecule has 0 unspecified atom stereocenters. The van der Waals surface area contributed by atoms with E-state index in [2.05, 4.69) is 10.2 Å². The molecule has 0 aromatic heterocycles. The van der Waals surface area contributed by atoms with Crippen LogP contribution in [-0.2, 0) is 9.53 Å².